The van der Waals surface area contributed by atoms with Gasteiger partial charge in [-0.05, 0) is 36.1 Å². The molecule has 1 N–H and O–H groups in total. The molecule has 1 atom stereocenters. The van der Waals surface area contributed by atoms with Crippen molar-refractivity contribution in [3.63, 3.8) is 0 Å². The molecular weight excluding hydrogens is 496 g/mol. The van der Waals surface area contributed by atoms with Gasteiger partial charge in [-0.15, -0.1) is 0 Å². The van der Waals surface area contributed by atoms with Gasteiger partial charge in [0, 0.05) is 26.8 Å². The Balaban J connectivity index is 2.19. The lowest BCUT2D eigenvalue weighted by Gasteiger charge is -2.36. The van der Waals surface area contributed by atoms with Crippen LogP contribution in [0, 0.1) is 12.8 Å². The summed E-state index contributed by atoms with van der Waals surface area (Å²) in [7, 11) is -4.09. The van der Waals surface area contributed by atoms with E-state index in [1.807, 2.05) is 19.1 Å². The molecule has 200 valence electrons. The molecular formula is C27H34N2O7S. The third-order valence-electron chi connectivity index (χ3n) is 6.30. The Bertz CT molecular complexity index is 1240. The van der Waals surface area contributed by atoms with E-state index in [1.54, 1.807) is 38.1 Å². The van der Waals surface area contributed by atoms with Crippen molar-refractivity contribution in [3.05, 3.63) is 65.2 Å². The SMILES string of the molecule is CC(=O)OCC1(COC(C)=O)Cc2ccccc2CN(S(=O)(=O)c2ccc(C)cc2)C(C(C)C)C(=O)N1. The summed E-state index contributed by atoms with van der Waals surface area (Å²) in [5.74, 6) is -2.11. The van der Waals surface area contributed by atoms with Gasteiger partial charge in [-0.25, -0.2) is 8.42 Å². The quantitative estimate of drug-likeness (QED) is 0.547. The van der Waals surface area contributed by atoms with Crippen LogP contribution < -0.4 is 5.32 Å². The normalized spacial score (nSPS) is 18.1. The van der Waals surface area contributed by atoms with Crippen molar-refractivity contribution in [2.75, 3.05) is 13.2 Å². The second kappa shape index (κ2) is 11.4. The van der Waals surface area contributed by atoms with Crippen LogP contribution in [-0.2, 0) is 46.8 Å². The standard InChI is InChI=1S/C27H34N2O7S/c1-18(2)25-26(32)28-27(16-35-20(4)30,17-36-21(5)31)14-22-8-6-7-9-23(22)15-29(25)37(33,34)24-12-10-19(3)11-13-24/h6-13,18,25H,14-17H2,1-5H3,(H,28,32). The molecule has 9 nitrogen and oxygen atoms in total. The molecule has 1 amide bonds. The van der Waals surface area contributed by atoms with Crippen molar-refractivity contribution in [3.8, 4) is 0 Å². The predicted octanol–water partition coefficient (Wildman–Crippen LogP) is 2.75. The van der Waals surface area contributed by atoms with Gasteiger partial charge in [-0.1, -0.05) is 55.8 Å². The van der Waals surface area contributed by atoms with E-state index in [-0.39, 0.29) is 31.1 Å². The molecule has 0 saturated carbocycles. The summed E-state index contributed by atoms with van der Waals surface area (Å²) < 4.78 is 39.7. The molecule has 3 rings (SSSR count). The van der Waals surface area contributed by atoms with Crippen LogP contribution in [0.15, 0.2) is 53.4 Å². The van der Waals surface area contributed by atoms with Crippen LogP contribution in [0.5, 0.6) is 0 Å². The lowest BCUT2D eigenvalue weighted by atomic mass is 9.89. The second-order valence-corrected chi connectivity index (χ2v) is 11.7. The first-order valence-electron chi connectivity index (χ1n) is 12.1. The Labute approximate surface area is 218 Å². The number of hydrogen-bond donors (Lipinski definition) is 1. The molecule has 1 aliphatic rings. The zero-order chi connectivity index (χ0) is 27.4. The van der Waals surface area contributed by atoms with Crippen LogP contribution in [0.3, 0.4) is 0 Å². The average molecular weight is 531 g/mol. The van der Waals surface area contributed by atoms with Gasteiger partial charge in [-0.2, -0.15) is 4.31 Å². The molecule has 1 aliphatic heterocycles. The third kappa shape index (κ3) is 6.75. The Morgan fingerprint density at radius 2 is 1.54 bits per heavy atom. The first-order chi connectivity index (χ1) is 17.3. The third-order valence-corrected chi connectivity index (χ3v) is 8.14. The average Bonchev–Trinajstić information content (AvgIpc) is 2.87. The molecule has 0 saturated heterocycles. The number of sulfonamides is 1. The number of ether oxygens (including phenoxy) is 2. The van der Waals surface area contributed by atoms with E-state index < -0.39 is 45.4 Å². The van der Waals surface area contributed by atoms with Gasteiger partial charge in [0.1, 0.15) is 24.8 Å². The minimum Gasteiger partial charge on any atom is -0.463 e. The zero-order valence-corrected chi connectivity index (χ0v) is 22.6. The van der Waals surface area contributed by atoms with E-state index in [1.165, 1.54) is 30.3 Å². The van der Waals surface area contributed by atoms with E-state index in [4.69, 9.17) is 9.47 Å². The fraction of sp³-hybridized carbons (Fsp3) is 0.444. The molecule has 0 spiro atoms. The number of fused-ring (bicyclic) bond motifs is 1. The van der Waals surface area contributed by atoms with Gasteiger partial charge in [0.2, 0.25) is 15.9 Å². The van der Waals surface area contributed by atoms with Crippen molar-refractivity contribution in [2.24, 2.45) is 5.92 Å². The van der Waals surface area contributed by atoms with E-state index >= 15 is 0 Å². The highest BCUT2D eigenvalue weighted by Crippen LogP contribution is 2.30. The predicted molar refractivity (Wildman–Crippen MR) is 137 cm³/mol. The van der Waals surface area contributed by atoms with Crippen molar-refractivity contribution in [1.29, 1.82) is 0 Å². The lowest BCUT2D eigenvalue weighted by molar-refractivity contribution is -0.151. The summed E-state index contributed by atoms with van der Waals surface area (Å²) in [4.78, 5) is 37.4. The summed E-state index contributed by atoms with van der Waals surface area (Å²) in [5.41, 5.74) is 1.03. The first-order valence-corrected chi connectivity index (χ1v) is 13.5. The van der Waals surface area contributed by atoms with Crippen LogP contribution in [0.2, 0.25) is 0 Å². The molecule has 1 heterocycles. The molecule has 0 aliphatic carbocycles. The Morgan fingerprint density at radius 3 is 2.05 bits per heavy atom. The molecule has 2 aromatic carbocycles. The van der Waals surface area contributed by atoms with Crippen molar-refractivity contribution >= 4 is 27.9 Å². The maximum Gasteiger partial charge on any atom is 0.302 e. The summed E-state index contributed by atoms with van der Waals surface area (Å²) >= 11 is 0. The number of nitrogens with one attached hydrogen (secondary N) is 1. The van der Waals surface area contributed by atoms with Crippen LogP contribution in [0.4, 0.5) is 0 Å². The monoisotopic (exact) mass is 530 g/mol. The van der Waals surface area contributed by atoms with Gasteiger partial charge in [0.05, 0.1) is 4.90 Å². The number of benzene rings is 2. The molecule has 0 aromatic heterocycles. The number of carbonyl (C=O) groups excluding carboxylic acids is 3. The van der Waals surface area contributed by atoms with E-state index in [0.717, 1.165) is 11.1 Å². The van der Waals surface area contributed by atoms with Crippen molar-refractivity contribution in [1.82, 2.24) is 9.62 Å². The van der Waals surface area contributed by atoms with E-state index in [2.05, 4.69) is 5.32 Å². The topological polar surface area (TPSA) is 119 Å². The number of amides is 1. The van der Waals surface area contributed by atoms with Gasteiger partial charge < -0.3 is 14.8 Å². The summed E-state index contributed by atoms with van der Waals surface area (Å²) in [6.45, 7) is 7.34. The molecule has 1 unspecified atom stereocenters. The second-order valence-electron chi connectivity index (χ2n) is 9.83. The lowest BCUT2D eigenvalue weighted by Crippen LogP contribution is -2.62. The summed E-state index contributed by atoms with van der Waals surface area (Å²) in [5, 5.41) is 2.92. The van der Waals surface area contributed by atoms with Crippen LogP contribution >= 0.6 is 0 Å². The molecule has 0 radical (unpaired) electrons. The first kappa shape index (κ1) is 28.3. The number of rotatable bonds is 7. The molecule has 10 heteroatoms. The van der Waals surface area contributed by atoms with Crippen LogP contribution in [0.1, 0.15) is 44.4 Å². The highest BCUT2D eigenvalue weighted by atomic mass is 32.2. The molecule has 2 aromatic rings. The number of nitrogens with zero attached hydrogens (tertiary/aromatic N) is 1. The highest BCUT2D eigenvalue weighted by molar-refractivity contribution is 7.89. The minimum atomic E-state index is -4.09. The number of hydrogen-bond acceptors (Lipinski definition) is 7. The summed E-state index contributed by atoms with van der Waals surface area (Å²) in [6.07, 6.45) is 0.151. The molecule has 0 fully saturated rings. The van der Waals surface area contributed by atoms with Gasteiger partial charge in [0.25, 0.3) is 0 Å². The number of esters is 2. The van der Waals surface area contributed by atoms with Gasteiger partial charge in [-0.3, -0.25) is 14.4 Å². The summed E-state index contributed by atoms with van der Waals surface area (Å²) in [6, 6.07) is 12.6. The largest absolute Gasteiger partial charge is 0.463 e. The van der Waals surface area contributed by atoms with Gasteiger partial charge >= 0.3 is 11.9 Å². The minimum absolute atomic E-state index is 0.0418. The molecule has 0 bridgehead atoms. The van der Waals surface area contributed by atoms with Crippen LogP contribution in [0.25, 0.3) is 0 Å². The van der Waals surface area contributed by atoms with E-state index in [9.17, 15) is 22.8 Å². The number of aryl methyl sites for hydroxylation is 1. The Morgan fingerprint density at radius 1 is 1.00 bits per heavy atom. The van der Waals surface area contributed by atoms with Crippen molar-refractivity contribution in [2.45, 2.75) is 64.1 Å². The highest BCUT2D eigenvalue weighted by Gasteiger charge is 2.44. The van der Waals surface area contributed by atoms with Gasteiger partial charge in [0.15, 0.2) is 0 Å². The maximum absolute atomic E-state index is 13.9. The smallest absolute Gasteiger partial charge is 0.302 e. The Hall–Kier alpha value is -3.24. The fourth-order valence-corrected chi connectivity index (χ4v) is 6.13. The Kier molecular flexibility index (Phi) is 8.76. The zero-order valence-electron chi connectivity index (χ0n) is 21.8. The fourth-order valence-electron chi connectivity index (χ4n) is 4.44. The maximum atomic E-state index is 13.9. The van der Waals surface area contributed by atoms with Crippen LogP contribution in [-0.4, -0.2) is 55.4 Å². The van der Waals surface area contributed by atoms with E-state index in [0.29, 0.717) is 5.56 Å². The number of carbonyl (C=O) groups is 3. The van der Waals surface area contributed by atoms with Crippen molar-refractivity contribution < 1.29 is 32.3 Å². The molecule has 37 heavy (non-hydrogen) atoms.